The van der Waals surface area contributed by atoms with E-state index < -0.39 is 11.5 Å². The monoisotopic (exact) mass is 352 g/mol. The minimum absolute atomic E-state index is 0.0404. The SMILES string of the molecule is O=C(Nc1cc[nH]n1)c1c(O)c2ccccc2n(C2CCCCC2)c1=O. The van der Waals surface area contributed by atoms with Gasteiger partial charge in [-0.05, 0) is 25.0 Å². The van der Waals surface area contributed by atoms with Crippen LogP contribution in [0.4, 0.5) is 5.82 Å². The van der Waals surface area contributed by atoms with Crippen molar-refractivity contribution in [3.63, 3.8) is 0 Å². The van der Waals surface area contributed by atoms with Crippen molar-refractivity contribution >= 4 is 22.6 Å². The number of pyridine rings is 1. The molecule has 3 aromatic rings. The Morgan fingerprint density at radius 2 is 1.96 bits per heavy atom. The van der Waals surface area contributed by atoms with Gasteiger partial charge in [-0.15, -0.1) is 0 Å². The number of nitrogens with one attached hydrogen (secondary N) is 2. The second-order valence-electron chi connectivity index (χ2n) is 6.62. The number of anilines is 1. The fraction of sp³-hybridized carbons (Fsp3) is 0.316. The predicted octanol–water partition coefficient (Wildman–Crippen LogP) is 3.19. The number of carbonyl (C=O) groups excluding carboxylic acids is 1. The van der Waals surface area contributed by atoms with Gasteiger partial charge in [-0.25, -0.2) is 0 Å². The molecular formula is C19H20N4O3. The highest BCUT2D eigenvalue weighted by Gasteiger charge is 2.26. The Bertz CT molecular complexity index is 1000. The molecule has 3 N–H and O–H groups in total. The molecule has 0 unspecified atom stereocenters. The molecule has 1 saturated carbocycles. The molecule has 7 heteroatoms. The van der Waals surface area contributed by atoms with Crippen molar-refractivity contribution < 1.29 is 9.90 Å². The number of hydrogen-bond acceptors (Lipinski definition) is 4. The average Bonchev–Trinajstić information content (AvgIpc) is 3.16. The van der Waals surface area contributed by atoms with Crippen LogP contribution < -0.4 is 10.9 Å². The first-order chi connectivity index (χ1) is 12.7. The van der Waals surface area contributed by atoms with E-state index in [9.17, 15) is 14.7 Å². The van der Waals surface area contributed by atoms with E-state index in [4.69, 9.17) is 0 Å². The van der Waals surface area contributed by atoms with Crippen LogP contribution in [0, 0.1) is 0 Å². The molecule has 26 heavy (non-hydrogen) atoms. The molecule has 134 valence electrons. The molecule has 1 aliphatic rings. The summed E-state index contributed by atoms with van der Waals surface area (Å²) in [6, 6.07) is 8.79. The summed E-state index contributed by atoms with van der Waals surface area (Å²) < 4.78 is 1.69. The third kappa shape index (κ3) is 2.75. The lowest BCUT2D eigenvalue weighted by molar-refractivity contribution is 0.102. The molecule has 1 aliphatic carbocycles. The van der Waals surface area contributed by atoms with Crippen molar-refractivity contribution in [2.24, 2.45) is 0 Å². The van der Waals surface area contributed by atoms with Crippen LogP contribution in [-0.4, -0.2) is 25.8 Å². The number of aromatic amines is 1. The van der Waals surface area contributed by atoms with Crippen molar-refractivity contribution in [2.75, 3.05) is 5.32 Å². The summed E-state index contributed by atoms with van der Waals surface area (Å²) in [7, 11) is 0. The van der Waals surface area contributed by atoms with Crippen LogP contribution >= 0.6 is 0 Å². The van der Waals surface area contributed by atoms with Crippen LogP contribution in [0.25, 0.3) is 10.9 Å². The van der Waals surface area contributed by atoms with Gasteiger partial charge in [0.05, 0.1) is 5.52 Å². The standard InChI is InChI=1S/C19H20N4O3/c24-17-13-8-4-5-9-14(13)23(12-6-2-1-3-7-12)19(26)16(17)18(25)21-15-10-11-20-22-15/h4-5,8-12,24H,1-3,6-7H2,(H2,20,21,22,25). The number of fused-ring (bicyclic) bond motifs is 1. The molecular weight excluding hydrogens is 332 g/mol. The van der Waals surface area contributed by atoms with Gasteiger partial charge in [-0.2, -0.15) is 5.10 Å². The topological polar surface area (TPSA) is 100 Å². The summed E-state index contributed by atoms with van der Waals surface area (Å²) in [6.07, 6.45) is 6.64. The number of hydrogen-bond donors (Lipinski definition) is 3. The van der Waals surface area contributed by atoms with Crippen molar-refractivity contribution in [3.05, 3.63) is 52.4 Å². The molecule has 1 fully saturated rings. The van der Waals surface area contributed by atoms with Crippen molar-refractivity contribution in [1.29, 1.82) is 0 Å². The molecule has 0 atom stereocenters. The molecule has 0 spiro atoms. The highest BCUT2D eigenvalue weighted by Crippen LogP contribution is 2.33. The van der Waals surface area contributed by atoms with E-state index in [0.29, 0.717) is 16.7 Å². The lowest BCUT2D eigenvalue weighted by Gasteiger charge is -2.26. The third-order valence-corrected chi connectivity index (χ3v) is 5.00. The van der Waals surface area contributed by atoms with Gasteiger partial charge in [0, 0.05) is 23.7 Å². The summed E-state index contributed by atoms with van der Waals surface area (Å²) in [5.41, 5.74) is -0.0309. The fourth-order valence-corrected chi connectivity index (χ4v) is 3.76. The number of H-pyrrole nitrogens is 1. The molecule has 0 bridgehead atoms. The quantitative estimate of drug-likeness (QED) is 0.674. The van der Waals surface area contributed by atoms with E-state index in [-0.39, 0.29) is 17.4 Å². The minimum Gasteiger partial charge on any atom is -0.506 e. The Hall–Kier alpha value is -3.09. The number of para-hydroxylation sites is 1. The van der Waals surface area contributed by atoms with Gasteiger partial charge in [0.1, 0.15) is 11.3 Å². The largest absolute Gasteiger partial charge is 0.506 e. The normalized spacial score (nSPS) is 15.2. The number of amides is 1. The maximum Gasteiger partial charge on any atom is 0.267 e. The summed E-state index contributed by atoms with van der Waals surface area (Å²) in [6.45, 7) is 0. The summed E-state index contributed by atoms with van der Waals surface area (Å²) in [4.78, 5) is 25.9. The first-order valence-corrected chi connectivity index (χ1v) is 8.84. The Kier molecular flexibility index (Phi) is 4.20. The van der Waals surface area contributed by atoms with Gasteiger partial charge in [-0.1, -0.05) is 31.4 Å². The van der Waals surface area contributed by atoms with Gasteiger partial charge in [0.2, 0.25) is 0 Å². The summed E-state index contributed by atoms with van der Waals surface area (Å²) >= 11 is 0. The molecule has 7 nitrogen and oxygen atoms in total. The van der Waals surface area contributed by atoms with Crippen LogP contribution in [0.1, 0.15) is 48.5 Å². The zero-order chi connectivity index (χ0) is 18.1. The molecule has 0 aliphatic heterocycles. The predicted molar refractivity (Wildman–Crippen MR) is 98.5 cm³/mol. The number of benzene rings is 1. The highest BCUT2D eigenvalue weighted by molar-refractivity contribution is 6.08. The zero-order valence-corrected chi connectivity index (χ0v) is 14.2. The molecule has 0 saturated heterocycles. The molecule has 0 radical (unpaired) electrons. The molecule has 1 amide bonds. The van der Waals surface area contributed by atoms with Gasteiger partial charge in [0.15, 0.2) is 5.82 Å². The van der Waals surface area contributed by atoms with Crippen LogP contribution in [0.2, 0.25) is 0 Å². The maximum atomic E-state index is 13.2. The van der Waals surface area contributed by atoms with E-state index in [1.165, 1.54) is 0 Å². The first kappa shape index (κ1) is 16.4. The van der Waals surface area contributed by atoms with E-state index in [0.717, 1.165) is 32.1 Å². The summed E-state index contributed by atoms with van der Waals surface area (Å²) in [5, 5.41) is 20.2. The number of rotatable bonds is 3. The molecule has 1 aromatic carbocycles. The van der Waals surface area contributed by atoms with Gasteiger partial charge in [0.25, 0.3) is 11.5 Å². The summed E-state index contributed by atoms with van der Waals surface area (Å²) in [5.74, 6) is -0.646. The van der Waals surface area contributed by atoms with Crippen molar-refractivity contribution in [2.45, 2.75) is 38.1 Å². The van der Waals surface area contributed by atoms with Crippen LogP contribution in [0.3, 0.4) is 0 Å². The second-order valence-corrected chi connectivity index (χ2v) is 6.62. The number of aromatic nitrogens is 3. The molecule has 2 aromatic heterocycles. The van der Waals surface area contributed by atoms with Gasteiger partial charge >= 0.3 is 0 Å². The number of aromatic hydroxyl groups is 1. The Morgan fingerprint density at radius 1 is 1.19 bits per heavy atom. The smallest absolute Gasteiger partial charge is 0.267 e. The maximum absolute atomic E-state index is 13.2. The zero-order valence-electron chi connectivity index (χ0n) is 14.2. The molecule has 2 heterocycles. The second kappa shape index (κ2) is 6.67. The Balaban J connectivity index is 1.89. The molecule has 4 rings (SSSR count). The van der Waals surface area contributed by atoms with E-state index in [1.807, 2.05) is 12.1 Å². The fourth-order valence-electron chi connectivity index (χ4n) is 3.76. The van der Waals surface area contributed by atoms with Crippen LogP contribution in [0.5, 0.6) is 5.75 Å². The van der Waals surface area contributed by atoms with Crippen LogP contribution in [-0.2, 0) is 0 Å². The van der Waals surface area contributed by atoms with Crippen molar-refractivity contribution in [1.82, 2.24) is 14.8 Å². The lowest BCUT2D eigenvalue weighted by atomic mass is 9.94. The Labute approximate surface area is 149 Å². The van der Waals surface area contributed by atoms with Crippen LogP contribution in [0.15, 0.2) is 41.3 Å². The van der Waals surface area contributed by atoms with Crippen molar-refractivity contribution in [3.8, 4) is 5.75 Å². The number of carbonyl (C=O) groups is 1. The van der Waals surface area contributed by atoms with Gasteiger partial charge < -0.3 is 15.0 Å². The lowest BCUT2D eigenvalue weighted by Crippen LogP contribution is -2.33. The first-order valence-electron chi connectivity index (χ1n) is 8.84. The Morgan fingerprint density at radius 3 is 2.69 bits per heavy atom. The highest BCUT2D eigenvalue weighted by atomic mass is 16.3. The van der Waals surface area contributed by atoms with E-state index in [1.54, 1.807) is 29.0 Å². The van der Waals surface area contributed by atoms with E-state index >= 15 is 0 Å². The minimum atomic E-state index is -0.657. The average molecular weight is 352 g/mol. The van der Waals surface area contributed by atoms with Gasteiger partial charge in [-0.3, -0.25) is 14.7 Å². The van der Waals surface area contributed by atoms with E-state index in [2.05, 4.69) is 15.5 Å². The number of nitrogens with zero attached hydrogens (tertiary/aromatic N) is 2. The third-order valence-electron chi connectivity index (χ3n) is 5.00.